The maximum absolute atomic E-state index is 9.79. The number of benzene rings is 1. The molecule has 0 bridgehead atoms. The first-order chi connectivity index (χ1) is 15.1. The molecule has 0 aliphatic carbocycles. The van der Waals surface area contributed by atoms with E-state index in [1.807, 2.05) is 43.3 Å². The Morgan fingerprint density at radius 2 is 2.06 bits per heavy atom. The summed E-state index contributed by atoms with van der Waals surface area (Å²) in [6, 6.07) is 13.6. The van der Waals surface area contributed by atoms with Gasteiger partial charge in [-0.15, -0.1) is 0 Å². The van der Waals surface area contributed by atoms with Gasteiger partial charge in [-0.05, 0) is 0 Å². The zero-order chi connectivity index (χ0) is 21.6. The third kappa shape index (κ3) is 5.44. The normalized spacial score (nSPS) is 12.5. The van der Waals surface area contributed by atoms with E-state index in [0.717, 1.165) is 9.79 Å². The van der Waals surface area contributed by atoms with Gasteiger partial charge in [0, 0.05) is 0 Å². The topological polar surface area (TPSA) is 117 Å². The van der Waals surface area contributed by atoms with E-state index in [1.165, 1.54) is 11.2 Å². The van der Waals surface area contributed by atoms with Crippen LogP contribution in [0.1, 0.15) is 17.4 Å². The van der Waals surface area contributed by atoms with Crippen LogP contribution < -0.4 is 9.54 Å². The van der Waals surface area contributed by atoms with Gasteiger partial charge in [0.2, 0.25) is 0 Å². The van der Waals surface area contributed by atoms with E-state index in [2.05, 4.69) is 25.2 Å². The predicted octanol–water partition coefficient (Wildman–Crippen LogP) is 3.11. The fourth-order valence-corrected chi connectivity index (χ4v) is 4.20. The third-order valence-electron chi connectivity index (χ3n) is 4.15. The molecule has 0 fully saturated rings. The molecule has 31 heavy (non-hydrogen) atoms. The molecule has 156 valence electrons. The molecule has 0 aliphatic rings. The molecule has 1 aromatic carbocycles. The Kier molecular flexibility index (Phi) is 6.87. The van der Waals surface area contributed by atoms with E-state index in [4.69, 9.17) is 9.84 Å². The second-order valence-corrected chi connectivity index (χ2v) is 8.43. The number of aryl methyl sites for hydroxylation is 1. The van der Waals surface area contributed by atoms with Crippen molar-refractivity contribution in [1.82, 2.24) is 20.2 Å². The van der Waals surface area contributed by atoms with Crippen molar-refractivity contribution in [2.45, 2.75) is 22.8 Å². The SMILES string of the molecule is Cc1nnccc1Oc1cc(Sc2ccccc2)cnc1/N=c1/[nH]c(C(O)CO)bs1. The van der Waals surface area contributed by atoms with Gasteiger partial charge >= 0.3 is 187 Å². The van der Waals surface area contributed by atoms with Crippen molar-refractivity contribution < 1.29 is 14.9 Å². The van der Waals surface area contributed by atoms with Gasteiger partial charge in [-0.2, -0.15) is 0 Å². The number of H-pyrrole nitrogens is 1. The number of rotatable bonds is 7. The van der Waals surface area contributed by atoms with Gasteiger partial charge in [-0.3, -0.25) is 0 Å². The van der Waals surface area contributed by atoms with Gasteiger partial charge in [0.25, 0.3) is 0 Å². The van der Waals surface area contributed by atoms with Crippen LogP contribution in [0.15, 0.2) is 69.6 Å². The van der Waals surface area contributed by atoms with Crippen LogP contribution in [0.2, 0.25) is 0 Å². The number of aliphatic hydroxyl groups is 2. The molecule has 0 spiro atoms. The van der Waals surface area contributed by atoms with Gasteiger partial charge < -0.3 is 0 Å². The van der Waals surface area contributed by atoms with Gasteiger partial charge in [-0.1, -0.05) is 0 Å². The molecular weight excluding hydrogens is 433 g/mol. The predicted molar refractivity (Wildman–Crippen MR) is 119 cm³/mol. The van der Waals surface area contributed by atoms with Gasteiger partial charge in [0.05, 0.1) is 0 Å². The Bertz CT molecular complexity index is 1230. The molecule has 3 N–H and O–H groups in total. The number of pyridine rings is 1. The molecule has 0 amide bonds. The first kappa shape index (κ1) is 21.4. The number of nitrogens with one attached hydrogen (secondary N) is 1. The third-order valence-corrected chi connectivity index (χ3v) is 5.91. The Morgan fingerprint density at radius 3 is 2.84 bits per heavy atom. The molecule has 4 rings (SSSR count). The summed E-state index contributed by atoms with van der Waals surface area (Å²) in [5.74, 6) is 1.39. The second-order valence-electron chi connectivity index (χ2n) is 6.42. The van der Waals surface area contributed by atoms with Crippen molar-refractivity contribution in [3.05, 3.63) is 70.9 Å². The van der Waals surface area contributed by atoms with Gasteiger partial charge in [-0.25, -0.2) is 0 Å². The van der Waals surface area contributed by atoms with Crippen LogP contribution in [-0.2, 0) is 0 Å². The van der Waals surface area contributed by atoms with Crippen molar-refractivity contribution in [2.75, 3.05) is 6.61 Å². The summed E-state index contributed by atoms with van der Waals surface area (Å²) < 4.78 is 6.10. The fraction of sp³-hybridized carbons (Fsp3) is 0.150. The van der Waals surface area contributed by atoms with Crippen LogP contribution in [0.5, 0.6) is 11.5 Å². The van der Waals surface area contributed by atoms with Crippen molar-refractivity contribution in [3.63, 3.8) is 0 Å². The minimum atomic E-state index is -0.987. The monoisotopic (exact) mass is 451 g/mol. The summed E-state index contributed by atoms with van der Waals surface area (Å²) in [5, 5.41) is 26.8. The molecule has 4 aromatic rings. The summed E-state index contributed by atoms with van der Waals surface area (Å²) >= 11 is 2.86. The van der Waals surface area contributed by atoms with Crippen LogP contribution >= 0.6 is 22.9 Å². The van der Waals surface area contributed by atoms with Crippen LogP contribution in [0.3, 0.4) is 0 Å². The molecular formula is C20H18BN5O3S2. The molecule has 3 aromatic heterocycles. The van der Waals surface area contributed by atoms with Gasteiger partial charge in [0.1, 0.15) is 0 Å². The number of hydrogen-bond acceptors (Lipinski definition) is 9. The van der Waals surface area contributed by atoms with Crippen molar-refractivity contribution in [3.8, 4) is 11.5 Å². The van der Waals surface area contributed by atoms with Crippen LogP contribution in [-0.4, -0.2) is 43.2 Å². The first-order valence-electron chi connectivity index (χ1n) is 9.33. The summed E-state index contributed by atoms with van der Waals surface area (Å²) in [6.07, 6.45) is 4.01. The van der Waals surface area contributed by atoms with E-state index in [0.29, 0.717) is 33.4 Å². The van der Waals surface area contributed by atoms with E-state index in [1.54, 1.807) is 36.4 Å². The van der Waals surface area contributed by atoms with Crippen LogP contribution in [0, 0.1) is 6.92 Å². The van der Waals surface area contributed by atoms with Gasteiger partial charge in [0.15, 0.2) is 0 Å². The maximum atomic E-state index is 9.79. The molecule has 1 atom stereocenters. The Balaban J connectivity index is 1.72. The number of ether oxygens (including phenoxy) is 1. The van der Waals surface area contributed by atoms with E-state index >= 15 is 0 Å². The quantitative estimate of drug-likeness (QED) is 0.395. The van der Waals surface area contributed by atoms with E-state index in [9.17, 15) is 5.11 Å². The molecule has 8 nitrogen and oxygen atoms in total. The standard InChI is InChI=1S/C20H18BN5O3S2/c1-12-16(7-8-23-26-12)29-17-9-14(30-13-5-3-2-4-6-13)10-22-19(17)25-20-24-18(21-31-20)15(28)11-27/h2-10,15,27-28H,11H2,1H3,(H,22,24,25). The molecule has 0 saturated carbocycles. The zero-order valence-electron chi connectivity index (χ0n) is 16.5. The second kappa shape index (κ2) is 9.97. The number of aromatic amines is 1. The summed E-state index contributed by atoms with van der Waals surface area (Å²) in [5.41, 5.74) is 1.13. The number of aromatic nitrogens is 4. The number of aliphatic hydroxyl groups excluding tert-OH is 2. The average molecular weight is 451 g/mol. The first-order valence-corrected chi connectivity index (χ1v) is 11.0. The summed E-state index contributed by atoms with van der Waals surface area (Å²) in [6.45, 7) is 1.43. The average Bonchev–Trinajstić information content (AvgIpc) is 3.26. The minimum absolute atomic E-state index is 0.372. The zero-order valence-corrected chi connectivity index (χ0v) is 18.1. The van der Waals surface area contributed by atoms with E-state index < -0.39 is 6.10 Å². The molecule has 0 saturated heterocycles. The Labute approximate surface area is 186 Å². The fourth-order valence-electron chi connectivity index (χ4n) is 2.59. The Morgan fingerprint density at radius 1 is 1.23 bits per heavy atom. The number of hydrogen-bond donors (Lipinski definition) is 3. The number of nitrogens with zero attached hydrogens (tertiary/aromatic N) is 4. The molecule has 0 aliphatic heterocycles. The van der Waals surface area contributed by atoms with Crippen LogP contribution in [0.25, 0.3) is 0 Å². The molecule has 1 unspecified atom stereocenters. The molecule has 0 radical (unpaired) electrons. The summed E-state index contributed by atoms with van der Waals surface area (Å²) in [4.78, 5) is 14.5. The molecule has 3 heterocycles. The molecule has 11 heteroatoms. The van der Waals surface area contributed by atoms with Crippen molar-refractivity contribution in [1.29, 1.82) is 0 Å². The van der Waals surface area contributed by atoms with E-state index in [-0.39, 0.29) is 6.61 Å². The van der Waals surface area contributed by atoms with Crippen molar-refractivity contribution in [2.24, 2.45) is 4.99 Å². The van der Waals surface area contributed by atoms with Crippen LogP contribution in [0.4, 0.5) is 5.82 Å². The van der Waals surface area contributed by atoms with Crippen molar-refractivity contribution >= 4 is 34.9 Å². The summed E-state index contributed by atoms with van der Waals surface area (Å²) in [7, 11) is 0. The Hall–Kier alpha value is -2.86.